The predicted octanol–water partition coefficient (Wildman–Crippen LogP) is 4.86. The molecule has 0 amide bonds. The minimum atomic E-state index is -0.332. The number of rotatable bonds is 10. The summed E-state index contributed by atoms with van der Waals surface area (Å²) < 4.78 is 12.1. The Bertz CT molecular complexity index is 702. The van der Waals surface area contributed by atoms with Crippen molar-refractivity contribution in [1.82, 2.24) is 4.90 Å². The Labute approximate surface area is 194 Å². The molecule has 2 aliphatic rings. The molecule has 5 nitrogen and oxygen atoms in total. The van der Waals surface area contributed by atoms with Gasteiger partial charge in [-0.05, 0) is 62.9 Å². The number of allylic oxidation sites excluding steroid dienone is 2. The van der Waals surface area contributed by atoms with Crippen molar-refractivity contribution >= 4 is 21.9 Å². The Morgan fingerprint density at radius 1 is 1.16 bits per heavy atom. The summed E-state index contributed by atoms with van der Waals surface area (Å²) in [6.45, 7) is 2.72. The maximum absolute atomic E-state index is 11.2. The van der Waals surface area contributed by atoms with Gasteiger partial charge in [0.1, 0.15) is 0 Å². The molecule has 1 aromatic rings. The van der Waals surface area contributed by atoms with Crippen LogP contribution in [0, 0.1) is 5.92 Å². The first kappa shape index (κ1) is 24.4. The highest BCUT2D eigenvalue weighted by molar-refractivity contribution is 9.10. The van der Waals surface area contributed by atoms with E-state index in [0.717, 1.165) is 36.0 Å². The first-order valence-corrected chi connectivity index (χ1v) is 12.4. The number of methoxy groups -OCH3 is 1. The third-order valence-electron chi connectivity index (χ3n) is 6.55. The smallest absolute Gasteiger partial charge is 0.305 e. The molecule has 3 rings (SSSR count). The molecular formula is C25H36BrNO4. The van der Waals surface area contributed by atoms with Gasteiger partial charge in [-0.1, -0.05) is 46.6 Å². The summed E-state index contributed by atoms with van der Waals surface area (Å²) in [5, 5.41) is 10.9. The molecule has 1 aromatic carbocycles. The third kappa shape index (κ3) is 7.41. The summed E-state index contributed by atoms with van der Waals surface area (Å²) in [5.74, 6) is 0.143. The topological polar surface area (TPSA) is 59.0 Å². The van der Waals surface area contributed by atoms with Gasteiger partial charge in [0, 0.05) is 29.3 Å². The number of aliphatic hydroxyl groups is 1. The van der Waals surface area contributed by atoms with E-state index in [-0.39, 0.29) is 24.2 Å². The first-order chi connectivity index (χ1) is 15.1. The number of carbonyl (C=O) groups is 1. The van der Waals surface area contributed by atoms with Crippen molar-refractivity contribution in [3.05, 3.63) is 46.5 Å². The zero-order valence-corrected chi connectivity index (χ0v) is 20.1. The Morgan fingerprint density at radius 2 is 1.87 bits per heavy atom. The van der Waals surface area contributed by atoms with E-state index < -0.39 is 0 Å². The fraction of sp³-hybridized carbons (Fsp3) is 0.640. The second kappa shape index (κ2) is 12.7. The number of hydrogen-bond acceptors (Lipinski definition) is 5. The van der Waals surface area contributed by atoms with Gasteiger partial charge in [0.2, 0.25) is 0 Å². The standard InChI is InChI=1S/C25H36BrNO4/c1-30-24(29)10-6-3-2-5-9-21-23(31-18-19-11-13-20(26)14-12-19)17-22(28)25(21)27-15-7-4-8-16-27/h2-3,11-14,21-23,25,28H,4-10,15-18H2,1H3/b3-2-/t21-,22+,23-,25+/m0/s1. The van der Waals surface area contributed by atoms with Gasteiger partial charge in [-0.2, -0.15) is 0 Å². The van der Waals surface area contributed by atoms with E-state index >= 15 is 0 Å². The lowest BCUT2D eigenvalue weighted by atomic mass is 9.92. The Balaban J connectivity index is 1.59. The Kier molecular flexibility index (Phi) is 10.0. The summed E-state index contributed by atoms with van der Waals surface area (Å²) in [6, 6.07) is 8.41. The lowest BCUT2D eigenvalue weighted by Gasteiger charge is -2.38. The summed E-state index contributed by atoms with van der Waals surface area (Å²) in [4.78, 5) is 13.8. The molecule has 1 saturated heterocycles. The molecular weight excluding hydrogens is 458 g/mol. The van der Waals surface area contributed by atoms with Crippen LogP contribution < -0.4 is 0 Å². The first-order valence-electron chi connectivity index (χ1n) is 11.6. The number of carbonyl (C=O) groups excluding carboxylic acids is 1. The summed E-state index contributed by atoms with van der Waals surface area (Å²) >= 11 is 3.48. The van der Waals surface area contributed by atoms with Crippen LogP contribution in [0.25, 0.3) is 0 Å². The van der Waals surface area contributed by atoms with Crippen LogP contribution in [0.2, 0.25) is 0 Å². The third-order valence-corrected chi connectivity index (χ3v) is 7.08. The van der Waals surface area contributed by atoms with Gasteiger partial charge in [0.05, 0.1) is 25.9 Å². The largest absolute Gasteiger partial charge is 0.469 e. The van der Waals surface area contributed by atoms with E-state index in [1.54, 1.807) is 0 Å². The lowest BCUT2D eigenvalue weighted by molar-refractivity contribution is -0.140. The van der Waals surface area contributed by atoms with Crippen molar-refractivity contribution in [1.29, 1.82) is 0 Å². The van der Waals surface area contributed by atoms with Gasteiger partial charge in [0.15, 0.2) is 0 Å². The molecule has 2 fully saturated rings. The average Bonchev–Trinajstić information content (AvgIpc) is 3.11. The average molecular weight is 494 g/mol. The highest BCUT2D eigenvalue weighted by Crippen LogP contribution is 2.37. The molecule has 0 bridgehead atoms. The zero-order valence-electron chi connectivity index (χ0n) is 18.5. The van der Waals surface area contributed by atoms with Crippen molar-refractivity contribution < 1.29 is 19.4 Å². The van der Waals surface area contributed by atoms with Crippen molar-refractivity contribution in [2.45, 2.75) is 76.2 Å². The van der Waals surface area contributed by atoms with E-state index in [4.69, 9.17) is 4.74 Å². The van der Waals surface area contributed by atoms with Gasteiger partial charge in [-0.3, -0.25) is 9.69 Å². The van der Waals surface area contributed by atoms with Crippen LogP contribution in [0.1, 0.15) is 56.9 Å². The molecule has 6 heteroatoms. The number of ether oxygens (including phenoxy) is 2. The van der Waals surface area contributed by atoms with Crippen LogP contribution >= 0.6 is 15.9 Å². The van der Waals surface area contributed by atoms with Crippen molar-refractivity contribution in [2.75, 3.05) is 20.2 Å². The van der Waals surface area contributed by atoms with E-state index in [1.807, 2.05) is 12.1 Å². The van der Waals surface area contributed by atoms with Crippen LogP contribution in [-0.2, 0) is 20.9 Å². The number of aliphatic hydroxyl groups excluding tert-OH is 1. The quantitative estimate of drug-likeness (QED) is 0.372. The molecule has 31 heavy (non-hydrogen) atoms. The molecule has 0 unspecified atom stereocenters. The monoisotopic (exact) mass is 493 g/mol. The maximum Gasteiger partial charge on any atom is 0.305 e. The number of esters is 1. The van der Waals surface area contributed by atoms with Crippen molar-refractivity contribution in [2.24, 2.45) is 5.92 Å². The molecule has 1 aliphatic carbocycles. The number of halogens is 1. The van der Waals surface area contributed by atoms with Crippen molar-refractivity contribution in [3.63, 3.8) is 0 Å². The molecule has 4 atom stereocenters. The van der Waals surface area contributed by atoms with E-state index in [9.17, 15) is 9.90 Å². The summed E-state index contributed by atoms with van der Waals surface area (Å²) in [5.41, 5.74) is 1.15. The SMILES string of the molecule is COC(=O)CC/C=C\CC[C@@H]1[C@@H](N2CCCCC2)[C@H](O)C[C@@H]1OCc1ccc(Br)cc1. The minimum Gasteiger partial charge on any atom is -0.469 e. The molecule has 1 N–H and O–H groups in total. The van der Waals surface area contributed by atoms with Gasteiger partial charge < -0.3 is 14.6 Å². The molecule has 0 spiro atoms. The van der Waals surface area contributed by atoms with Gasteiger partial charge >= 0.3 is 5.97 Å². The highest BCUT2D eigenvalue weighted by Gasteiger charge is 2.45. The fourth-order valence-corrected chi connectivity index (χ4v) is 5.21. The van der Waals surface area contributed by atoms with Gasteiger partial charge in [0.25, 0.3) is 0 Å². The maximum atomic E-state index is 11.2. The second-order valence-corrected chi connectivity index (χ2v) is 9.61. The molecule has 0 radical (unpaired) electrons. The number of nitrogens with zero attached hydrogens (tertiary/aromatic N) is 1. The molecule has 172 valence electrons. The van der Waals surface area contributed by atoms with E-state index in [2.05, 4.69) is 49.9 Å². The summed E-state index contributed by atoms with van der Waals surface area (Å²) in [7, 11) is 1.42. The van der Waals surface area contributed by atoms with Gasteiger partial charge in [-0.25, -0.2) is 0 Å². The fourth-order valence-electron chi connectivity index (χ4n) is 4.95. The number of benzene rings is 1. The molecule has 1 saturated carbocycles. The number of likely N-dealkylation sites (tertiary alicyclic amines) is 1. The van der Waals surface area contributed by atoms with Crippen LogP contribution in [0.4, 0.5) is 0 Å². The van der Waals surface area contributed by atoms with E-state index in [0.29, 0.717) is 31.8 Å². The van der Waals surface area contributed by atoms with Crippen LogP contribution in [0.5, 0.6) is 0 Å². The van der Waals surface area contributed by atoms with Gasteiger partial charge in [-0.15, -0.1) is 0 Å². The molecule has 1 aliphatic heterocycles. The number of piperidine rings is 1. The van der Waals surface area contributed by atoms with Crippen molar-refractivity contribution in [3.8, 4) is 0 Å². The predicted molar refractivity (Wildman–Crippen MR) is 126 cm³/mol. The second-order valence-electron chi connectivity index (χ2n) is 8.69. The van der Waals surface area contributed by atoms with Crippen LogP contribution in [-0.4, -0.2) is 54.4 Å². The molecule has 1 heterocycles. The van der Waals surface area contributed by atoms with E-state index in [1.165, 1.54) is 26.4 Å². The summed E-state index contributed by atoms with van der Waals surface area (Å²) in [6.07, 6.45) is 11.4. The lowest BCUT2D eigenvalue weighted by Crippen LogP contribution is -2.47. The normalized spacial score (nSPS) is 27.1. The van der Waals surface area contributed by atoms with Crippen LogP contribution in [0.15, 0.2) is 40.9 Å². The highest BCUT2D eigenvalue weighted by atomic mass is 79.9. The zero-order chi connectivity index (χ0) is 22.1. The Morgan fingerprint density at radius 3 is 2.58 bits per heavy atom. The van der Waals surface area contributed by atoms with Crippen LogP contribution in [0.3, 0.4) is 0 Å². The Hall–Kier alpha value is -1.21. The minimum absolute atomic E-state index is 0.0639. The number of hydrogen-bond donors (Lipinski definition) is 1. The molecule has 0 aromatic heterocycles.